The first kappa shape index (κ1) is 27.3. The first-order valence-electron chi connectivity index (χ1n) is 13.5. The Bertz CT molecular complexity index is 1520. The van der Waals surface area contributed by atoms with Crippen LogP contribution in [0.5, 0.6) is 0 Å². The zero-order valence-electron chi connectivity index (χ0n) is 23.8. The molecule has 1 aliphatic rings. The lowest BCUT2D eigenvalue weighted by atomic mass is 9.62. The molecule has 3 aromatic rings. The van der Waals surface area contributed by atoms with E-state index in [1.807, 2.05) is 12.1 Å². The van der Waals surface area contributed by atoms with Crippen molar-refractivity contribution in [3.8, 4) is 0 Å². The summed E-state index contributed by atoms with van der Waals surface area (Å²) in [6.45, 7) is 21.8. The summed E-state index contributed by atoms with van der Waals surface area (Å²) in [6, 6.07) is 19.6. The van der Waals surface area contributed by atoms with Crippen molar-refractivity contribution >= 4 is 42.6 Å². The highest BCUT2D eigenvalue weighted by molar-refractivity contribution is 6.68. The van der Waals surface area contributed by atoms with Gasteiger partial charge < -0.3 is 10.9 Å². The maximum atomic E-state index is 4.38. The number of hydrazine groups is 1. The highest BCUT2D eigenvalue weighted by Crippen LogP contribution is 2.24. The third-order valence-corrected chi connectivity index (χ3v) is 7.21. The first-order chi connectivity index (χ1) is 18.0. The summed E-state index contributed by atoms with van der Waals surface area (Å²) in [5.41, 5.74) is 17.5. The smallest absolute Gasteiger partial charge is 0.194 e. The fourth-order valence-electron chi connectivity index (χ4n) is 4.80. The van der Waals surface area contributed by atoms with Gasteiger partial charge in [-0.2, -0.15) is 0 Å². The Morgan fingerprint density at radius 2 is 1.84 bits per heavy atom. The Hall–Kier alpha value is -3.72. The molecule has 0 amide bonds. The molecule has 0 aromatic heterocycles. The van der Waals surface area contributed by atoms with E-state index in [0.29, 0.717) is 5.92 Å². The van der Waals surface area contributed by atoms with Gasteiger partial charge in [-0.05, 0) is 69.0 Å². The summed E-state index contributed by atoms with van der Waals surface area (Å²) in [5, 5.41) is 2.19. The minimum atomic E-state index is 0.0434. The highest BCUT2D eigenvalue weighted by atomic mass is 15.4. The summed E-state index contributed by atoms with van der Waals surface area (Å²) in [7, 11) is 2.24. The van der Waals surface area contributed by atoms with Crippen molar-refractivity contribution in [3.05, 3.63) is 117 Å². The summed E-state index contributed by atoms with van der Waals surface area (Å²) in [5.74, 6) is 0.303. The van der Waals surface area contributed by atoms with Crippen LogP contribution >= 0.6 is 0 Å². The molecule has 0 saturated heterocycles. The number of nitrogens with one attached hydrogen (secondary N) is 2. The number of benzene rings is 3. The molecule has 3 aromatic carbocycles. The van der Waals surface area contributed by atoms with Crippen LogP contribution in [0.3, 0.4) is 0 Å². The monoisotopic (exact) mass is 499 g/mol. The van der Waals surface area contributed by atoms with Crippen LogP contribution in [0.4, 0.5) is 5.69 Å². The second-order valence-electron chi connectivity index (χ2n) is 11.6. The van der Waals surface area contributed by atoms with E-state index in [0.717, 1.165) is 39.3 Å². The number of aryl methyl sites for hydroxylation is 1. The molecule has 0 aliphatic heterocycles. The van der Waals surface area contributed by atoms with E-state index in [9.17, 15) is 0 Å². The van der Waals surface area contributed by atoms with Gasteiger partial charge in [-0.3, -0.25) is 0 Å². The molecule has 0 fully saturated rings. The molecule has 0 heterocycles. The van der Waals surface area contributed by atoms with Crippen LogP contribution in [0.15, 0.2) is 84.6 Å². The van der Waals surface area contributed by atoms with Crippen molar-refractivity contribution in [2.24, 2.45) is 5.92 Å². The van der Waals surface area contributed by atoms with E-state index in [2.05, 4.69) is 140 Å². The van der Waals surface area contributed by atoms with Crippen LogP contribution in [0.25, 0.3) is 18.7 Å². The molecule has 0 atom stereocenters. The standard InChI is InChI=1S/C35H40BN2/c1-23(2)31(18-19-32-24(3)11-9-12-25(32)4)26(5)37-38-34-22-29(35(6,7)8)16-20-33(34)36-30-17-15-27-13-10-14-28(27)21-30/h9-12,14-23,37-38H,3,5,13H2,1-2,4,6-8H3/b31-18+,32-19+. The molecule has 4 rings (SSSR count). The van der Waals surface area contributed by atoms with Gasteiger partial charge in [0, 0.05) is 5.69 Å². The lowest BCUT2D eigenvalue weighted by Gasteiger charge is -2.23. The van der Waals surface area contributed by atoms with Gasteiger partial charge in [0.25, 0.3) is 0 Å². The summed E-state index contributed by atoms with van der Waals surface area (Å²) in [4.78, 5) is 0. The van der Waals surface area contributed by atoms with Crippen LogP contribution in [0.1, 0.15) is 56.9 Å². The summed E-state index contributed by atoms with van der Waals surface area (Å²) >= 11 is 0. The van der Waals surface area contributed by atoms with Crippen LogP contribution in [-0.4, -0.2) is 7.28 Å². The molecule has 0 saturated carbocycles. The molecular formula is C35H40BN2. The Balaban J connectivity index is 1.61. The van der Waals surface area contributed by atoms with Gasteiger partial charge in [0.1, 0.15) is 0 Å². The van der Waals surface area contributed by atoms with E-state index < -0.39 is 0 Å². The average Bonchev–Trinajstić information content (AvgIpc) is 3.32. The number of rotatable bonds is 8. The van der Waals surface area contributed by atoms with Crippen LogP contribution in [0, 0.1) is 12.8 Å². The lowest BCUT2D eigenvalue weighted by Crippen LogP contribution is -2.34. The average molecular weight is 500 g/mol. The largest absolute Gasteiger partial charge is 0.301 e. The maximum absolute atomic E-state index is 4.38. The predicted octanol–water partition coefficient (Wildman–Crippen LogP) is 5.42. The van der Waals surface area contributed by atoms with Gasteiger partial charge in [-0.15, -0.1) is 0 Å². The lowest BCUT2D eigenvalue weighted by molar-refractivity contribution is 0.590. The van der Waals surface area contributed by atoms with Crippen molar-refractivity contribution < 1.29 is 0 Å². The van der Waals surface area contributed by atoms with E-state index in [4.69, 9.17) is 0 Å². The molecular weight excluding hydrogens is 459 g/mol. The molecule has 193 valence electrons. The molecule has 0 spiro atoms. The zero-order chi connectivity index (χ0) is 27.4. The second-order valence-corrected chi connectivity index (χ2v) is 11.6. The third-order valence-electron chi connectivity index (χ3n) is 7.21. The van der Waals surface area contributed by atoms with Gasteiger partial charge >= 0.3 is 0 Å². The zero-order valence-corrected chi connectivity index (χ0v) is 23.8. The van der Waals surface area contributed by atoms with Crippen molar-refractivity contribution in [2.75, 3.05) is 5.43 Å². The number of hydrogen-bond donors (Lipinski definition) is 2. The highest BCUT2D eigenvalue weighted by Gasteiger charge is 2.17. The van der Waals surface area contributed by atoms with Crippen LogP contribution < -0.4 is 32.2 Å². The van der Waals surface area contributed by atoms with Crippen molar-refractivity contribution in [1.82, 2.24) is 5.43 Å². The first-order valence-corrected chi connectivity index (χ1v) is 13.5. The van der Waals surface area contributed by atoms with Crippen molar-refractivity contribution in [1.29, 1.82) is 0 Å². The molecule has 0 bridgehead atoms. The van der Waals surface area contributed by atoms with Crippen molar-refractivity contribution in [3.63, 3.8) is 0 Å². The fraction of sp³-hybridized carbons (Fsp3) is 0.257. The second kappa shape index (κ2) is 11.4. The summed E-state index contributed by atoms with van der Waals surface area (Å²) in [6.07, 6.45) is 9.78. The number of anilines is 1. The summed E-state index contributed by atoms with van der Waals surface area (Å²) < 4.78 is 0. The predicted molar refractivity (Wildman–Crippen MR) is 169 cm³/mol. The minimum absolute atomic E-state index is 0.0434. The number of hydrogen-bond acceptors (Lipinski definition) is 2. The van der Waals surface area contributed by atoms with Crippen LogP contribution in [-0.2, 0) is 11.8 Å². The van der Waals surface area contributed by atoms with Gasteiger partial charge in [0.15, 0.2) is 7.28 Å². The maximum Gasteiger partial charge on any atom is 0.194 e. The molecule has 0 unspecified atom stereocenters. The van der Waals surface area contributed by atoms with Crippen LogP contribution in [0.2, 0.25) is 0 Å². The van der Waals surface area contributed by atoms with E-state index in [-0.39, 0.29) is 5.41 Å². The van der Waals surface area contributed by atoms with Gasteiger partial charge in [0.05, 0.1) is 5.70 Å². The Labute approximate surface area is 229 Å². The molecule has 1 aliphatic carbocycles. The molecule has 38 heavy (non-hydrogen) atoms. The molecule has 3 heteroatoms. The van der Waals surface area contributed by atoms with Gasteiger partial charge in [-0.1, -0.05) is 132 Å². The quantitative estimate of drug-likeness (QED) is 0.246. The van der Waals surface area contributed by atoms with E-state index in [1.54, 1.807) is 0 Å². The number of fused-ring (bicyclic) bond motifs is 1. The number of allylic oxidation sites excluding steroid dienone is 3. The minimum Gasteiger partial charge on any atom is -0.301 e. The molecule has 1 radical (unpaired) electrons. The molecule has 2 N–H and O–H groups in total. The Morgan fingerprint density at radius 1 is 1.05 bits per heavy atom. The van der Waals surface area contributed by atoms with Gasteiger partial charge in [-0.25, -0.2) is 0 Å². The SMILES string of the molecule is C=C(NNc1cc(C(C)(C)C)ccc1[B]c1ccc2c(c1)C=CC2)/C(=C/C=c1/c(C)cccc1=C)C(C)C. The topological polar surface area (TPSA) is 24.1 Å². The normalized spacial score (nSPS) is 13.6. The molecule has 2 nitrogen and oxygen atoms in total. The Kier molecular flexibility index (Phi) is 8.16. The van der Waals surface area contributed by atoms with Gasteiger partial charge in [0.2, 0.25) is 0 Å². The van der Waals surface area contributed by atoms with E-state index in [1.165, 1.54) is 27.7 Å². The van der Waals surface area contributed by atoms with Crippen molar-refractivity contribution in [2.45, 2.75) is 53.4 Å². The fourth-order valence-corrected chi connectivity index (χ4v) is 4.80. The third kappa shape index (κ3) is 6.40. The van der Waals surface area contributed by atoms with E-state index >= 15 is 0 Å². The Morgan fingerprint density at radius 3 is 2.55 bits per heavy atom.